The summed E-state index contributed by atoms with van der Waals surface area (Å²) in [6, 6.07) is 7.45. The molecule has 2 rings (SSSR count). The van der Waals surface area contributed by atoms with Crippen LogP contribution in [-0.2, 0) is 49.2 Å². The van der Waals surface area contributed by atoms with Crippen LogP contribution in [0, 0.1) is 74.5 Å². The number of hydrogen-bond acceptors (Lipinski definition) is 3. The Bertz CT molecular complexity index is 980. The van der Waals surface area contributed by atoms with Gasteiger partial charge in [-0.3, -0.25) is 0 Å². The molecule has 0 spiro atoms. The summed E-state index contributed by atoms with van der Waals surface area (Å²) < 4.78 is 4.72. The molecule has 0 aromatic heterocycles. The van der Waals surface area contributed by atoms with Crippen molar-refractivity contribution in [2.24, 2.45) is 4.99 Å². The van der Waals surface area contributed by atoms with Crippen LogP contribution in [0.4, 0.5) is 0 Å². The van der Waals surface area contributed by atoms with Crippen LogP contribution in [0.25, 0.3) is 0 Å². The molecule has 0 aliphatic carbocycles. The number of carbonyl (C=O) groups is 1. The van der Waals surface area contributed by atoms with Gasteiger partial charge in [0.2, 0.25) is 0 Å². The Morgan fingerprint density at radius 3 is 1.59 bits per heavy atom. The van der Waals surface area contributed by atoms with Crippen molar-refractivity contribution in [3.05, 3.63) is 87.0 Å². The Hall–Kier alpha value is -1.38. The Kier molecular flexibility index (Phi) is 31.1. The molecule has 217 valence electrons. The molecule has 0 unspecified atom stereocenters. The minimum atomic E-state index is -0.597. The molecule has 0 saturated carbocycles. The summed E-state index contributed by atoms with van der Waals surface area (Å²) in [5.74, 6) is 0. The van der Waals surface area contributed by atoms with Crippen LogP contribution in [0.15, 0.2) is 22.8 Å². The van der Waals surface area contributed by atoms with Crippen LogP contribution in [-0.4, -0.2) is 25.2 Å². The van der Waals surface area contributed by atoms with Crippen molar-refractivity contribution in [2.75, 3.05) is 7.11 Å². The Morgan fingerprint density at radius 2 is 1.31 bits per heavy atom. The zero-order valence-electron chi connectivity index (χ0n) is 27.6. The third kappa shape index (κ3) is 18.6. The molecule has 0 aliphatic rings. The zero-order valence-corrected chi connectivity index (χ0v) is 31.9. The first kappa shape index (κ1) is 47.4. The van der Waals surface area contributed by atoms with Crippen LogP contribution < -0.4 is 0 Å². The summed E-state index contributed by atoms with van der Waals surface area (Å²) in [7, 11) is 1.51. The van der Waals surface area contributed by atoms with Crippen molar-refractivity contribution < 1.29 is 49.2 Å². The van der Waals surface area contributed by atoms with Crippen molar-refractivity contribution in [3.8, 4) is 0 Å². The van der Waals surface area contributed by atoms with Gasteiger partial charge >= 0.3 is 39.6 Å². The van der Waals surface area contributed by atoms with Crippen molar-refractivity contribution >= 4 is 12.5 Å². The second kappa shape index (κ2) is 25.6. The van der Waals surface area contributed by atoms with Crippen molar-refractivity contribution in [1.82, 2.24) is 0 Å². The maximum Gasteiger partial charge on any atom is 2.00 e. The normalized spacial score (nSPS) is 10.0. The molecule has 39 heavy (non-hydrogen) atoms. The Morgan fingerprint density at radius 1 is 0.897 bits per heavy atom. The van der Waals surface area contributed by atoms with Gasteiger partial charge in [0.15, 0.2) is 6.29 Å². The number of allylic oxidation sites excluding steroid dienone is 2. The van der Waals surface area contributed by atoms with Gasteiger partial charge in [0.25, 0.3) is 0 Å². The molecule has 0 aliphatic heterocycles. The van der Waals surface area contributed by atoms with E-state index in [1.165, 1.54) is 51.6 Å². The number of rotatable bonds is 4. The van der Waals surface area contributed by atoms with Crippen LogP contribution in [0.1, 0.15) is 98.5 Å². The number of aliphatic imine (C=N–C) groups is 1. The molecule has 0 atom stereocenters. The predicted octanol–water partition coefficient (Wildman–Crippen LogP) is 9.14. The summed E-state index contributed by atoms with van der Waals surface area (Å²) in [4.78, 5) is 14.1. The summed E-state index contributed by atoms with van der Waals surface area (Å²) in [6.07, 6.45) is 6.77. The van der Waals surface area contributed by atoms with E-state index in [-0.39, 0.29) is 39.6 Å². The third-order valence-electron chi connectivity index (χ3n) is 5.96. The number of aldehydes is 1. The molecule has 0 bridgehead atoms. The molecule has 2 aromatic carbocycles. The van der Waals surface area contributed by atoms with Gasteiger partial charge in [0.05, 0.1) is 0 Å². The number of aryl methyl sites for hydroxylation is 3. The van der Waals surface area contributed by atoms with E-state index in [2.05, 4.69) is 97.8 Å². The standard InChI is InChI=1S/C16H20N.C9H11.C5H10O2.2C2H6.V.W/c1-8-10(2)17-9-16-14(6)12(4)11(3)13(5)15(16)7;1-7-4-5-8(2)9(3)6-7;1-5(2,4-6)7-3;2*1-2;;/h2H2,1,3-7H3;4-5H,1-3H3;4H,1-3H3;2*1-2H3;;/q-3;-1;;;;2*+2. The minimum absolute atomic E-state index is 0. The fraction of sp³-hybridized carbons (Fsp3) is 0.500. The summed E-state index contributed by atoms with van der Waals surface area (Å²) in [6.45, 7) is 33.9. The Balaban J connectivity index is -0.000000149. The summed E-state index contributed by atoms with van der Waals surface area (Å²) in [5.41, 5.74) is 11.4. The first-order valence-corrected chi connectivity index (χ1v) is 13.1. The second-order valence-electron chi connectivity index (χ2n) is 8.80. The van der Waals surface area contributed by atoms with Crippen molar-refractivity contribution in [2.45, 2.75) is 109 Å². The van der Waals surface area contributed by atoms with E-state index in [1.807, 2.05) is 27.7 Å². The Labute approximate surface area is 268 Å². The van der Waals surface area contributed by atoms with E-state index in [0.29, 0.717) is 5.70 Å². The van der Waals surface area contributed by atoms with Crippen LogP contribution >= 0.6 is 0 Å². The zero-order chi connectivity index (χ0) is 29.9. The van der Waals surface area contributed by atoms with E-state index in [9.17, 15) is 4.79 Å². The monoisotopic (exact) mass is 742 g/mol. The number of nitrogens with zero attached hydrogens (tertiary/aromatic N) is 1. The fourth-order valence-electron chi connectivity index (χ4n) is 2.71. The number of carbonyl (C=O) groups excluding carboxylic acids is 1. The molecule has 0 heterocycles. The molecule has 1 radical (unpaired) electrons. The van der Waals surface area contributed by atoms with Crippen molar-refractivity contribution in [1.29, 1.82) is 0 Å². The van der Waals surface area contributed by atoms with Crippen LogP contribution in [0.3, 0.4) is 0 Å². The van der Waals surface area contributed by atoms with E-state index >= 15 is 0 Å². The second-order valence-corrected chi connectivity index (χ2v) is 8.80. The molecule has 0 amide bonds. The van der Waals surface area contributed by atoms with E-state index < -0.39 is 5.60 Å². The molecule has 5 heteroatoms. The molecule has 2 aromatic rings. The fourth-order valence-corrected chi connectivity index (χ4v) is 2.71. The maximum absolute atomic E-state index is 9.93. The predicted molar refractivity (Wildman–Crippen MR) is 164 cm³/mol. The molecule has 3 nitrogen and oxygen atoms in total. The van der Waals surface area contributed by atoms with Crippen LogP contribution in [0.2, 0.25) is 0 Å². The molecular formula is C34H53NO2VW. The SMILES string of the molecule is CC.CC.COC(C)(C)C=O.Cc1[c-]c(C)c(C)cc1.[CH2-]C(=[C-]C)N=[C-]c1c(C)c(C)c(C)c(C)c1C.[V+2].[W+2]. The smallest absolute Gasteiger partial charge is 0.562 e. The first-order valence-electron chi connectivity index (χ1n) is 13.1. The first-order chi connectivity index (χ1) is 17.2. The minimum Gasteiger partial charge on any atom is -0.562 e. The quantitative estimate of drug-likeness (QED) is 0.178. The third-order valence-corrected chi connectivity index (χ3v) is 5.96. The van der Waals surface area contributed by atoms with Gasteiger partial charge in [0, 0.05) is 7.11 Å². The maximum atomic E-state index is 9.93. The molecular weight excluding hydrogens is 689 g/mol. The average Bonchev–Trinajstić information content (AvgIpc) is 2.91. The number of hydrogen-bond donors (Lipinski definition) is 0. The number of methoxy groups -OCH3 is 1. The van der Waals surface area contributed by atoms with Gasteiger partial charge in [0.1, 0.15) is 5.60 Å². The van der Waals surface area contributed by atoms with Gasteiger partial charge in [-0.2, -0.15) is 34.9 Å². The van der Waals surface area contributed by atoms with Gasteiger partial charge in [-0.05, 0) is 40.8 Å². The molecule has 0 saturated heterocycles. The topological polar surface area (TPSA) is 38.7 Å². The summed E-state index contributed by atoms with van der Waals surface area (Å²) in [5, 5.41) is 0. The number of benzene rings is 2. The van der Waals surface area contributed by atoms with Gasteiger partial charge in [-0.1, -0.05) is 79.0 Å². The van der Waals surface area contributed by atoms with E-state index in [4.69, 9.17) is 4.74 Å². The van der Waals surface area contributed by atoms with E-state index in [0.717, 1.165) is 11.8 Å². The largest absolute Gasteiger partial charge is 2.00 e. The molecule has 0 fully saturated rings. The van der Waals surface area contributed by atoms with E-state index in [1.54, 1.807) is 20.8 Å². The summed E-state index contributed by atoms with van der Waals surface area (Å²) >= 11 is 0. The van der Waals surface area contributed by atoms with Crippen molar-refractivity contribution in [3.63, 3.8) is 0 Å². The van der Waals surface area contributed by atoms with Gasteiger partial charge in [-0.25, -0.2) is 6.92 Å². The molecule has 0 N–H and O–H groups in total. The average molecular weight is 743 g/mol. The van der Waals surface area contributed by atoms with Crippen LogP contribution in [0.5, 0.6) is 0 Å². The number of ether oxygens (including phenoxy) is 1. The van der Waals surface area contributed by atoms with Gasteiger partial charge < -0.3 is 33.2 Å². The van der Waals surface area contributed by atoms with Gasteiger partial charge in [-0.15, -0.1) is 16.7 Å².